The van der Waals surface area contributed by atoms with Crippen LogP contribution >= 0.6 is 0 Å². The number of nitrogens with two attached hydrogens (primary N) is 1. The van der Waals surface area contributed by atoms with Gasteiger partial charge in [0.25, 0.3) is 0 Å². The van der Waals surface area contributed by atoms with Gasteiger partial charge in [-0.05, 0) is 29.5 Å². The second kappa shape index (κ2) is 6.03. The van der Waals surface area contributed by atoms with Gasteiger partial charge in [0.2, 0.25) is 0 Å². The van der Waals surface area contributed by atoms with Gasteiger partial charge in [0, 0.05) is 12.0 Å². The molecule has 1 heteroatoms. The highest BCUT2D eigenvalue weighted by Gasteiger charge is 2.25. The zero-order valence-corrected chi connectivity index (χ0v) is 11.9. The first kappa shape index (κ1) is 13.8. The molecule has 2 aromatic carbocycles. The summed E-state index contributed by atoms with van der Waals surface area (Å²) in [6.45, 7) is 5.09. The molecule has 0 saturated heterocycles. The highest BCUT2D eigenvalue weighted by Crippen LogP contribution is 2.27. The van der Waals surface area contributed by atoms with E-state index in [1.54, 1.807) is 0 Å². The van der Waals surface area contributed by atoms with E-state index in [2.05, 4.69) is 68.4 Å². The van der Waals surface area contributed by atoms with E-state index in [0.29, 0.717) is 6.54 Å². The number of hydrogen-bond acceptors (Lipinski definition) is 1. The third-order valence-electron chi connectivity index (χ3n) is 3.95. The highest BCUT2D eigenvalue weighted by molar-refractivity contribution is 5.30. The van der Waals surface area contributed by atoms with Crippen molar-refractivity contribution in [1.29, 1.82) is 0 Å². The first-order valence-corrected chi connectivity index (χ1v) is 7.01. The minimum atomic E-state index is 0.00892. The van der Waals surface area contributed by atoms with Crippen molar-refractivity contribution < 1.29 is 0 Å². The second-order valence-corrected chi connectivity index (χ2v) is 5.48. The van der Waals surface area contributed by atoms with Crippen molar-refractivity contribution in [2.45, 2.75) is 32.1 Å². The van der Waals surface area contributed by atoms with Crippen molar-refractivity contribution in [3.8, 4) is 0 Å². The van der Waals surface area contributed by atoms with E-state index in [9.17, 15) is 0 Å². The molecule has 0 aliphatic rings. The quantitative estimate of drug-likeness (QED) is 0.863. The predicted molar refractivity (Wildman–Crippen MR) is 82.4 cm³/mol. The van der Waals surface area contributed by atoms with E-state index in [4.69, 9.17) is 5.73 Å². The number of benzene rings is 2. The van der Waals surface area contributed by atoms with Crippen molar-refractivity contribution >= 4 is 0 Å². The van der Waals surface area contributed by atoms with Crippen LogP contribution in [0.4, 0.5) is 0 Å². The summed E-state index contributed by atoms with van der Waals surface area (Å²) in [5.74, 6) is 0. The predicted octanol–water partition coefficient (Wildman–Crippen LogP) is 3.71. The van der Waals surface area contributed by atoms with Gasteiger partial charge in [-0.3, -0.25) is 0 Å². The molecule has 2 N–H and O–H groups in total. The maximum absolute atomic E-state index is 6.04. The van der Waals surface area contributed by atoms with Gasteiger partial charge in [0.15, 0.2) is 0 Å². The Morgan fingerprint density at radius 1 is 0.895 bits per heavy atom. The summed E-state index contributed by atoms with van der Waals surface area (Å²) in [6.07, 6.45) is 2.07. The normalized spacial score (nSPS) is 14.1. The number of rotatable bonds is 5. The monoisotopic (exact) mass is 253 g/mol. The topological polar surface area (TPSA) is 26.0 Å². The number of hydrogen-bond donors (Lipinski definition) is 1. The van der Waals surface area contributed by atoms with E-state index in [1.807, 2.05) is 0 Å². The molecule has 1 atom stereocenters. The fraction of sp³-hybridized carbons (Fsp3) is 0.333. The SMILES string of the molecule is CCc1ccc(CC(C)(CN)c2ccccc2)cc1. The molecule has 1 unspecified atom stereocenters. The Bertz CT molecular complexity index is 501. The summed E-state index contributed by atoms with van der Waals surface area (Å²) in [5, 5.41) is 0. The van der Waals surface area contributed by atoms with Crippen LogP contribution in [-0.4, -0.2) is 6.54 Å². The Morgan fingerprint density at radius 3 is 2.00 bits per heavy atom. The van der Waals surface area contributed by atoms with Gasteiger partial charge < -0.3 is 5.73 Å². The van der Waals surface area contributed by atoms with Crippen molar-refractivity contribution in [2.75, 3.05) is 6.54 Å². The van der Waals surface area contributed by atoms with Crippen LogP contribution in [0.15, 0.2) is 54.6 Å². The summed E-state index contributed by atoms with van der Waals surface area (Å²) in [4.78, 5) is 0. The molecule has 0 saturated carbocycles. The van der Waals surface area contributed by atoms with Crippen LogP contribution in [0.5, 0.6) is 0 Å². The molecule has 2 rings (SSSR count). The van der Waals surface area contributed by atoms with Crippen LogP contribution < -0.4 is 5.73 Å². The van der Waals surface area contributed by atoms with Crippen LogP contribution in [0.1, 0.15) is 30.5 Å². The Balaban J connectivity index is 2.22. The minimum absolute atomic E-state index is 0.00892. The van der Waals surface area contributed by atoms with E-state index in [1.165, 1.54) is 16.7 Å². The van der Waals surface area contributed by atoms with Crippen LogP contribution in [0.25, 0.3) is 0 Å². The molecular formula is C18H23N. The summed E-state index contributed by atoms with van der Waals surface area (Å²) >= 11 is 0. The maximum Gasteiger partial charge on any atom is 0.00875 e. The average Bonchev–Trinajstić information content (AvgIpc) is 2.49. The standard InChI is InChI=1S/C18H23N/c1-3-15-9-11-16(12-10-15)13-18(2,14-19)17-7-5-4-6-8-17/h4-12H,3,13-14,19H2,1-2H3. The Labute approximate surface area is 116 Å². The molecule has 0 fully saturated rings. The summed E-state index contributed by atoms with van der Waals surface area (Å²) < 4.78 is 0. The third-order valence-corrected chi connectivity index (χ3v) is 3.95. The maximum atomic E-state index is 6.04. The minimum Gasteiger partial charge on any atom is -0.330 e. The molecular weight excluding hydrogens is 230 g/mol. The fourth-order valence-corrected chi connectivity index (χ4v) is 2.48. The molecule has 0 aliphatic carbocycles. The smallest absolute Gasteiger partial charge is 0.00875 e. The van der Waals surface area contributed by atoms with E-state index in [0.717, 1.165) is 12.8 Å². The summed E-state index contributed by atoms with van der Waals surface area (Å²) in [6, 6.07) is 19.5. The van der Waals surface area contributed by atoms with Gasteiger partial charge in [-0.25, -0.2) is 0 Å². The largest absolute Gasteiger partial charge is 0.330 e. The lowest BCUT2D eigenvalue weighted by Crippen LogP contribution is -2.34. The van der Waals surface area contributed by atoms with Gasteiger partial charge >= 0.3 is 0 Å². The van der Waals surface area contributed by atoms with Crippen LogP contribution in [0.2, 0.25) is 0 Å². The summed E-state index contributed by atoms with van der Waals surface area (Å²) in [7, 11) is 0. The van der Waals surface area contributed by atoms with Gasteiger partial charge in [-0.1, -0.05) is 68.4 Å². The van der Waals surface area contributed by atoms with Gasteiger partial charge in [0.05, 0.1) is 0 Å². The van der Waals surface area contributed by atoms with Crippen molar-refractivity contribution in [2.24, 2.45) is 5.73 Å². The molecule has 0 aromatic heterocycles. The second-order valence-electron chi connectivity index (χ2n) is 5.48. The molecule has 0 heterocycles. The Hall–Kier alpha value is -1.60. The van der Waals surface area contributed by atoms with Crippen LogP contribution in [0.3, 0.4) is 0 Å². The van der Waals surface area contributed by atoms with E-state index in [-0.39, 0.29) is 5.41 Å². The van der Waals surface area contributed by atoms with E-state index < -0.39 is 0 Å². The first-order chi connectivity index (χ1) is 9.18. The number of aryl methyl sites for hydroxylation is 1. The Morgan fingerprint density at radius 2 is 1.47 bits per heavy atom. The molecule has 1 nitrogen and oxygen atoms in total. The molecule has 0 aliphatic heterocycles. The molecule has 19 heavy (non-hydrogen) atoms. The molecule has 0 spiro atoms. The molecule has 0 amide bonds. The van der Waals surface area contributed by atoms with Crippen molar-refractivity contribution in [3.63, 3.8) is 0 Å². The van der Waals surface area contributed by atoms with Gasteiger partial charge in [-0.2, -0.15) is 0 Å². The highest BCUT2D eigenvalue weighted by atomic mass is 14.6. The van der Waals surface area contributed by atoms with Gasteiger partial charge in [-0.15, -0.1) is 0 Å². The lowest BCUT2D eigenvalue weighted by atomic mass is 9.77. The van der Waals surface area contributed by atoms with Crippen molar-refractivity contribution in [1.82, 2.24) is 0 Å². The molecule has 2 aromatic rings. The zero-order valence-electron chi connectivity index (χ0n) is 11.9. The Kier molecular flexibility index (Phi) is 4.39. The van der Waals surface area contributed by atoms with Crippen LogP contribution in [0, 0.1) is 0 Å². The fourth-order valence-electron chi connectivity index (χ4n) is 2.48. The van der Waals surface area contributed by atoms with Gasteiger partial charge in [0.1, 0.15) is 0 Å². The molecule has 0 bridgehead atoms. The first-order valence-electron chi connectivity index (χ1n) is 7.01. The molecule has 100 valence electrons. The summed E-state index contributed by atoms with van der Waals surface area (Å²) in [5.41, 5.74) is 10.1. The average molecular weight is 253 g/mol. The zero-order chi connectivity index (χ0) is 13.7. The molecule has 0 radical (unpaired) electrons. The van der Waals surface area contributed by atoms with Crippen molar-refractivity contribution in [3.05, 3.63) is 71.3 Å². The lowest BCUT2D eigenvalue weighted by molar-refractivity contribution is 0.481. The van der Waals surface area contributed by atoms with Crippen LogP contribution in [-0.2, 0) is 18.3 Å². The third kappa shape index (κ3) is 3.24. The lowest BCUT2D eigenvalue weighted by Gasteiger charge is -2.29. The van der Waals surface area contributed by atoms with E-state index >= 15 is 0 Å².